The molecule has 0 saturated heterocycles. The number of anilines is 1. The van der Waals surface area contributed by atoms with Crippen LogP contribution in [0.1, 0.15) is 17.3 Å². The summed E-state index contributed by atoms with van der Waals surface area (Å²) in [5.41, 5.74) is 6.73. The Morgan fingerprint density at radius 2 is 2.00 bits per heavy atom. The van der Waals surface area contributed by atoms with Gasteiger partial charge in [0.25, 0.3) is 5.91 Å². The molecule has 0 bridgehead atoms. The van der Waals surface area contributed by atoms with Gasteiger partial charge in [0.2, 0.25) is 0 Å². The summed E-state index contributed by atoms with van der Waals surface area (Å²) >= 11 is 12.0. The Hall–Kier alpha value is -1.91. The van der Waals surface area contributed by atoms with E-state index in [0.29, 0.717) is 39.3 Å². The third kappa shape index (κ3) is 3.60. The van der Waals surface area contributed by atoms with E-state index in [-0.39, 0.29) is 5.91 Å². The predicted molar refractivity (Wildman–Crippen MR) is 85.4 cm³/mol. The van der Waals surface area contributed by atoms with E-state index in [2.05, 4.69) is 5.32 Å². The molecule has 0 saturated carbocycles. The fraction of sp³-hybridized carbons (Fsp3) is 0.133. The fourth-order valence-electron chi connectivity index (χ4n) is 1.71. The highest BCUT2D eigenvalue weighted by Gasteiger charge is 2.12. The van der Waals surface area contributed by atoms with Crippen LogP contribution in [-0.2, 0) is 0 Å². The first-order chi connectivity index (χ1) is 10.0. The number of rotatable bonds is 4. The average molecular weight is 325 g/mol. The summed E-state index contributed by atoms with van der Waals surface area (Å²) in [5, 5.41) is 3.39. The van der Waals surface area contributed by atoms with Gasteiger partial charge >= 0.3 is 0 Å². The zero-order chi connectivity index (χ0) is 15.4. The number of carbonyl (C=O) groups is 1. The van der Waals surface area contributed by atoms with Crippen molar-refractivity contribution in [3.8, 4) is 11.5 Å². The number of hydrogen-bond acceptors (Lipinski definition) is 3. The first-order valence-corrected chi connectivity index (χ1v) is 7.08. The predicted octanol–water partition coefficient (Wildman–Crippen LogP) is 4.12. The van der Waals surface area contributed by atoms with Crippen LogP contribution in [0.5, 0.6) is 11.5 Å². The third-order valence-electron chi connectivity index (χ3n) is 2.75. The first-order valence-electron chi connectivity index (χ1n) is 6.32. The van der Waals surface area contributed by atoms with Crippen LogP contribution in [0.4, 0.5) is 5.69 Å². The number of nitrogens with one attached hydrogen (secondary N) is 1. The van der Waals surface area contributed by atoms with Gasteiger partial charge in [-0.25, -0.2) is 0 Å². The van der Waals surface area contributed by atoms with Crippen LogP contribution in [0.15, 0.2) is 36.4 Å². The Morgan fingerprint density at radius 3 is 2.71 bits per heavy atom. The Bertz CT molecular complexity index is 675. The Labute approximate surface area is 132 Å². The van der Waals surface area contributed by atoms with Crippen molar-refractivity contribution in [2.24, 2.45) is 0 Å². The molecule has 1 amide bonds. The van der Waals surface area contributed by atoms with E-state index in [1.54, 1.807) is 36.4 Å². The lowest BCUT2D eigenvalue weighted by molar-refractivity contribution is 0.0955. The van der Waals surface area contributed by atoms with Gasteiger partial charge in [0.05, 0.1) is 10.7 Å². The van der Waals surface area contributed by atoms with Crippen molar-refractivity contribution in [3.63, 3.8) is 0 Å². The summed E-state index contributed by atoms with van der Waals surface area (Å²) in [4.78, 5) is 11.8. The molecule has 2 aromatic carbocycles. The molecule has 0 atom stereocenters. The molecule has 0 aromatic heterocycles. The molecule has 0 aliphatic carbocycles. The van der Waals surface area contributed by atoms with Gasteiger partial charge in [-0.3, -0.25) is 4.79 Å². The Balaban J connectivity index is 2.33. The summed E-state index contributed by atoms with van der Waals surface area (Å²) in [7, 11) is 0. The second-order valence-electron chi connectivity index (χ2n) is 4.27. The fourth-order valence-corrected chi connectivity index (χ4v) is 2.04. The molecule has 4 nitrogen and oxygen atoms in total. The molecule has 3 N–H and O–H groups in total. The van der Waals surface area contributed by atoms with Crippen molar-refractivity contribution in [1.29, 1.82) is 0 Å². The van der Waals surface area contributed by atoms with Crippen LogP contribution in [0.25, 0.3) is 0 Å². The number of nitrogens with two attached hydrogens (primary N) is 1. The highest BCUT2D eigenvalue weighted by Crippen LogP contribution is 2.36. The van der Waals surface area contributed by atoms with E-state index < -0.39 is 0 Å². The normalized spacial score (nSPS) is 10.2. The molecule has 0 spiro atoms. The third-order valence-corrected chi connectivity index (χ3v) is 3.55. The average Bonchev–Trinajstić information content (AvgIpc) is 2.46. The summed E-state index contributed by atoms with van der Waals surface area (Å²) in [6, 6.07) is 9.85. The number of amides is 1. The molecule has 0 aliphatic heterocycles. The lowest BCUT2D eigenvalue weighted by Crippen LogP contribution is -2.22. The van der Waals surface area contributed by atoms with Crippen molar-refractivity contribution in [2.45, 2.75) is 6.92 Å². The number of halogens is 2. The molecule has 0 heterocycles. The molecule has 2 rings (SSSR count). The zero-order valence-electron chi connectivity index (χ0n) is 11.3. The molecule has 0 unspecified atom stereocenters. The second kappa shape index (κ2) is 6.70. The molecule has 0 aliphatic rings. The molecule has 0 fully saturated rings. The van der Waals surface area contributed by atoms with Gasteiger partial charge in [0.1, 0.15) is 10.8 Å². The maximum absolute atomic E-state index is 11.8. The van der Waals surface area contributed by atoms with Gasteiger partial charge < -0.3 is 15.8 Å². The molecular formula is C15H14Cl2N2O2. The van der Waals surface area contributed by atoms with Crippen LogP contribution in [-0.4, -0.2) is 12.5 Å². The molecule has 6 heteroatoms. The topological polar surface area (TPSA) is 64.4 Å². The van der Waals surface area contributed by atoms with Crippen LogP contribution in [0, 0.1) is 0 Å². The maximum atomic E-state index is 11.8. The van der Waals surface area contributed by atoms with Crippen LogP contribution in [0.2, 0.25) is 10.0 Å². The monoisotopic (exact) mass is 324 g/mol. The second-order valence-corrected chi connectivity index (χ2v) is 5.05. The van der Waals surface area contributed by atoms with Gasteiger partial charge in [0, 0.05) is 12.1 Å². The van der Waals surface area contributed by atoms with E-state index in [9.17, 15) is 4.79 Å². The summed E-state index contributed by atoms with van der Waals surface area (Å²) in [6.45, 7) is 2.39. The van der Waals surface area contributed by atoms with Gasteiger partial charge in [0.15, 0.2) is 5.75 Å². The van der Waals surface area contributed by atoms with Crippen molar-refractivity contribution < 1.29 is 9.53 Å². The van der Waals surface area contributed by atoms with Gasteiger partial charge in [-0.15, -0.1) is 0 Å². The lowest BCUT2D eigenvalue weighted by atomic mass is 10.1. The summed E-state index contributed by atoms with van der Waals surface area (Å²) in [5.74, 6) is 0.534. The van der Waals surface area contributed by atoms with Gasteiger partial charge in [-0.2, -0.15) is 0 Å². The van der Waals surface area contributed by atoms with Crippen LogP contribution in [0.3, 0.4) is 0 Å². The number of carbonyl (C=O) groups excluding carboxylic acids is 1. The van der Waals surface area contributed by atoms with Gasteiger partial charge in [-0.05, 0) is 37.3 Å². The lowest BCUT2D eigenvalue weighted by Gasteiger charge is -2.12. The zero-order valence-corrected chi connectivity index (χ0v) is 12.8. The molecule has 21 heavy (non-hydrogen) atoms. The van der Waals surface area contributed by atoms with E-state index >= 15 is 0 Å². The van der Waals surface area contributed by atoms with E-state index in [1.165, 1.54) is 0 Å². The number of benzene rings is 2. The summed E-state index contributed by atoms with van der Waals surface area (Å²) < 4.78 is 5.67. The molecule has 2 aromatic rings. The van der Waals surface area contributed by atoms with E-state index in [0.717, 1.165) is 0 Å². The standard InChI is InChI=1S/C15H14Cl2N2O2/c1-2-19-15(20)9-6-7-11(18)13(8-9)21-12-5-3-4-10(16)14(12)17/h3-8H,2,18H2,1H3,(H,19,20). The Morgan fingerprint density at radius 1 is 1.24 bits per heavy atom. The molecular weight excluding hydrogens is 311 g/mol. The van der Waals surface area contributed by atoms with Crippen molar-refractivity contribution in [2.75, 3.05) is 12.3 Å². The van der Waals surface area contributed by atoms with E-state index in [4.69, 9.17) is 33.7 Å². The van der Waals surface area contributed by atoms with Crippen molar-refractivity contribution in [3.05, 3.63) is 52.0 Å². The largest absolute Gasteiger partial charge is 0.454 e. The minimum atomic E-state index is -0.195. The number of ether oxygens (including phenoxy) is 1. The number of hydrogen-bond donors (Lipinski definition) is 2. The summed E-state index contributed by atoms with van der Waals surface area (Å²) in [6.07, 6.45) is 0. The molecule has 0 radical (unpaired) electrons. The van der Waals surface area contributed by atoms with Crippen molar-refractivity contribution >= 4 is 34.8 Å². The van der Waals surface area contributed by atoms with Crippen molar-refractivity contribution in [1.82, 2.24) is 5.32 Å². The SMILES string of the molecule is CCNC(=O)c1ccc(N)c(Oc2cccc(Cl)c2Cl)c1. The molecule has 110 valence electrons. The number of nitrogen functional groups attached to an aromatic ring is 1. The van der Waals surface area contributed by atoms with E-state index in [1.807, 2.05) is 6.92 Å². The maximum Gasteiger partial charge on any atom is 0.251 e. The quantitative estimate of drug-likeness (QED) is 0.831. The van der Waals surface area contributed by atoms with Crippen LogP contribution >= 0.6 is 23.2 Å². The Kier molecular flexibility index (Phi) is 4.94. The highest BCUT2D eigenvalue weighted by atomic mass is 35.5. The van der Waals surface area contributed by atoms with Gasteiger partial charge in [-0.1, -0.05) is 29.3 Å². The minimum absolute atomic E-state index is 0.195. The minimum Gasteiger partial charge on any atom is -0.454 e. The van der Waals surface area contributed by atoms with Crippen LogP contribution < -0.4 is 15.8 Å². The first kappa shape index (κ1) is 15.5. The highest BCUT2D eigenvalue weighted by molar-refractivity contribution is 6.42. The smallest absolute Gasteiger partial charge is 0.251 e.